The number of aryl methyl sites for hydroxylation is 1. The second kappa shape index (κ2) is 6.91. The number of carbonyl (C=O) groups is 1. The van der Waals surface area contributed by atoms with E-state index in [1.165, 1.54) is 0 Å². The second-order valence-electron chi connectivity index (χ2n) is 4.26. The van der Waals surface area contributed by atoms with Crippen LogP contribution in [0.5, 0.6) is 5.75 Å². The number of hydrogen-bond donors (Lipinski definition) is 1. The molecule has 1 heterocycles. The third kappa shape index (κ3) is 4.24. The van der Waals surface area contributed by atoms with Crippen molar-refractivity contribution in [2.45, 2.75) is 12.8 Å². The minimum absolute atomic E-state index is 0.0527. The molecule has 0 saturated heterocycles. The summed E-state index contributed by atoms with van der Waals surface area (Å²) < 4.78 is 5.09. The van der Waals surface area contributed by atoms with Crippen molar-refractivity contribution in [2.75, 3.05) is 12.4 Å². The molecule has 1 aromatic carbocycles. The molecule has 1 aromatic heterocycles. The van der Waals surface area contributed by atoms with Crippen LogP contribution < -0.4 is 10.1 Å². The molecule has 0 bridgehead atoms. The molecule has 0 atom stereocenters. The maximum atomic E-state index is 11.8. The van der Waals surface area contributed by atoms with E-state index in [-0.39, 0.29) is 5.91 Å². The Morgan fingerprint density at radius 3 is 2.70 bits per heavy atom. The maximum absolute atomic E-state index is 11.8. The third-order valence-corrected chi connectivity index (χ3v) is 3.02. The first-order valence-electron chi connectivity index (χ1n) is 6.22. The molecule has 0 saturated carbocycles. The van der Waals surface area contributed by atoms with Gasteiger partial charge in [0.2, 0.25) is 5.91 Å². The van der Waals surface area contributed by atoms with Crippen molar-refractivity contribution < 1.29 is 9.53 Å². The number of nitrogens with one attached hydrogen (secondary N) is 1. The van der Waals surface area contributed by atoms with Gasteiger partial charge in [0, 0.05) is 18.3 Å². The number of halogens is 1. The smallest absolute Gasteiger partial charge is 0.224 e. The summed E-state index contributed by atoms with van der Waals surface area (Å²) in [6, 6.07) is 11.0. The second-order valence-corrected chi connectivity index (χ2v) is 4.65. The van der Waals surface area contributed by atoms with E-state index in [2.05, 4.69) is 10.3 Å². The largest absolute Gasteiger partial charge is 0.497 e. The summed E-state index contributed by atoms with van der Waals surface area (Å²) in [5.74, 6) is 0.757. The Hall–Kier alpha value is -2.07. The van der Waals surface area contributed by atoms with Gasteiger partial charge in [-0.2, -0.15) is 0 Å². The number of carbonyl (C=O) groups excluding carboxylic acids is 1. The lowest BCUT2D eigenvalue weighted by Gasteiger charge is -2.06. The summed E-state index contributed by atoms with van der Waals surface area (Å²) in [4.78, 5) is 15.7. The monoisotopic (exact) mass is 290 g/mol. The number of aromatic nitrogens is 1. The van der Waals surface area contributed by atoms with E-state index in [0.717, 1.165) is 11.3 Å². The van der Waals surface area contributed by atoms with Crippen LogP contribution in [0.4, 0.5) is 5.69 Å². The van der Waals surface area contributed by atoms with Crippen LogP contribution in [0.3, 0.4) is 0 Å². The molecule has 2 rings (SSSR count). The Morgan fingerprint density at radius 2 is 2.05 bits per heavy atom. The Kier molecular flexibility index (Phi) is 4.96. The lowest BCUT2D eigenvalue weighted by atomic mass is 10.1. The molecule has 0 aliphatic carbocycles. The van der Waals surface area contributed by atoms with Crippen molar-refractivity contribution in [3.05, 3.63) is 53.3 Å². The van der Waals surface area contributed by atoms with Crippen molar-refractivity contribution in [2.24, 2.45) is 0 Å². The van der Waals surface area contributed by atoms with Crippen LogP contribution in [0.25, 0.3) is 0 Å². The minimum Gasteiger partial charge on any atom is -0.497 e. The van der Waals surface area contributed by atoms with E-state index < -0.39 is 0 Å². The topological polar surface area (TPSA) is 51.2 Å². The summed E-state index contributed by atoms with van der Waals surface area (Å²) in [5, 5.41) is 3.15. The first-order valence-corrected chi connectivity index (χ1v) is 6.59. The van der Waals surface area contributed by atoms with Crippen molar-refractivity contribution in [1.82, 2.24) is 4.98 Å². The van der Waals surface area contributed by atoms with E-state index in [0.29, 0.717) is 23.7 Å². The third-order valence-electron chi connectivity index (χ3n) is 2.81. The summed E-state index contributed by atoms with van der Waals surface area (Å²) in [6.07, 6.45) is 2.64. The average Bonchev–Trinajstić information content (AvgIpc) is 2.46. The van der Waals surface area contributed by atoms with Gasteiger partial charge in [-0.25, -0.2) is 4.98 Å². The van der Waals surface area contributed by atoms with Crippen molar-refractivity contribution in [3.8, 4) is 5.75 Å². The lowest BCUT2D eigenvalue weighted by molar-refractivity contribution is -0.116. The van der Waals surface area contributed by atoms with Crippen LogP contribution in [-0.2, 0) is 11.2 Å². The molecule has 0 unspecified atom stereocenters. The van der Waals surface area contributed by atoms with Crippen LogP contribution in [0, 0.1) is 0 Å². The van der Waals surface area contributed by atoms with Crippen molar-refractivity contribution >= 4 is 23.2 Å². The maximum Gasteiger partial charge on any atom is 0.224 e. The van der Waals surface area contributed by atoms with Gasteiger partial charge >= 0.3 is 0 Å². The average molecular weight is 291 g/mol. The molecule has 4 nitrogen and oxygen atoms in total. The van der Waals surface area contributed by atoms with E-state index in [1.807, 2.05) is 24.3 Å². The van der Waals surface area contributed by atoms with Crippen LogP contribution in [0.2, 0.25) is 5.15 Å². The molecule has 20 heavy (non-hydrogen) atoms. The molecule has 1 amide bonds. The number of methoxy groups -OCH3 is 1. The fourth-order valence-corrected chi connectivity index (χ4v) is 1.93. The zero-order valence-electron chi connectivity index (χ0n) is 11.1. The Labute approximate surface area is 122 Å². The molecule has 0 spiro atoms. The van der Waals surface area contributed by atoms with E-state index in [9.17, 15) is 4.79 Å². The van der Waals surface area contributed by atoms with Crippen LogP contribution in [0.15, 0.2) is 42.6 Å². The normalized spacial score (nSPS) is 10.1. The SMILES string of the molecule is COc1ccc(CCC(=O)Nc2ccnc(Cl)c2)cc1. The van der Waals surface area contributed by atoms with Gasteiger partial charge in [0.25, 0.3) is 0 Å². The summed E-state index contributed by atoms with van der Waals surface area (Å²) in [6.45, 7) is 0. The summed E-state index contributed by atoms with van der Waals surface area (Å²) in [5.41, 5.74) is 1.75. The highest BCUT2D eigenvalue weighted by molar-refractivity contribution is 6.29. The van der Waals surface area contributed by atoms with Crippen LogP contribution in [0.1, 0.15) is 12.0 Å². The van der Waals surface area contributed by atoms with Gasteiger partial charge in [-0.1, -0.05) is 23.7 Å². The number of hydrogen-bond acceptors (Lipinski definition) is 3. The number of rotatable bonds is 5. The van der Waals surface area contributed by atoms with E-state index in [4.69, 9.17) is 16.3 Å². The van der Waals surface area contributed by atoms with Gasteiger partial charge in [-0.05, 0) is 36.2 Å². The number of nitrogens with zero attached hydrogens (tertiary/aromatic N) is 1. The van der Waals surface area contributed by atoms with Gasteiger partial charge < -0.3 is 10.1 Å². The molecule has 0 aliphatic rings. The van der Waals surface area contributed by atoms with Crippen LogP contribution in [-0.4, -0.2) is 18.0 Å². The van der Waals surface area contributed by atoms with Gasteiger partial charge in [0.1, 0.15) is 10.9 Å². The first kappa shape index (κ1) is 14.3. The molecule has 1 N–H and O–H groups in total. The molecule has 104 valence electrons. The number of amides is 1. The van der Waals surface area contributed by atoms with Gasteiger partial charge in [-0.3, -0.25) is 4.79 Å². The minimum atomic E-state index is -0.0527. The molecule has 5 heteroatoms. The lowest BCUT2D eigenvalue weighted by Crippen LogP contribution is -2.12. The molecule has 0 fully saturated rings. The van der Waals surface area contributed by atoms with Crippen molar-refractivity contribution in [3.63, 3.8) is 0 Å². The highest BCUT2D eigenvalue weighted by Gasteiger charge is 2.04. The predicted octanol–water partition coefficient (Wildman–Crippen LogP) is 3.31. The number of pyridine rings is 1. The fourth-order valence-electron chi connectivity index (χ4n) is 1.75. The van der Waals surface area contributed by atoms with E-state index >= 15 is 0 Å². The first-order chi connectivity index (χ1) is 9.67. The highest BCUT2D eigenvalue weighted by Crippen LogP contribution is 2.14. The quantitative estimate of drug-likeness (QED) is 0.860. The Balaban J connectivity index is 1.85. The molecular formula is C15H15ClN2O2. The number of ether oxygens (including phenoxy) is 1. The molecule has 2 aromatic rings. The molecule has 0 aliphatic heterocycles. The van der Waals surface area contributed by atoms with Gasteiger partial charge in [0.05, 0.1) is 7.11 Å². The molecule has 0 radical (unpaired) electrons. The summed E-state index contributed by atoms with van der Waals surface area (Å²) >= 11 is 5.76. The van der Waals surface area contributed by atoms with Gasteiger partial charge in [0.15, 0.2) is 0 Å². The van der Waals surface area contributed by atoms with E-state index in [1.54, 1.807) is 25.4 Å². The molecular weight excluding hydrogens is 276 g/mol. The van der Waals surface area contributed by atoms with Gasteiger partial charge in [-0.15, -0.1) is 0 Å². The van der Waals surface area contributed by atoms with Crippen LogP contribution >= 0.6 is 11.6 Å². The number of benzene rings is 1. The van der Waals surface area contributed by atoms with Crippen molar-refractivity contribution in [1.29, 1.82) is 0 Å². The highest BCUT2D eigenvalue weighted by atomic mass is 35.5. The zero-order valence-corrected chi connectivity index (χ0v) is 11.9. The summed E-state index contributed by atoms with van der Waals surface area (Å²) in [7, 11) is 1.63. The Morgan fingerprint density at radius 1 is 1.30 bits per heavy atom. The standard InChI is InChI=1S/C15H15ClN2O2/c1-20-13-5-2-11(3-6-13)4-7-15(19)18-12-8-9-17-14(16)10-12/h2-3,5-6,8-10H,4,7H2,1H3,(H,17,18,19). The number of anilines is 1. The Bertz CT molecular complexity index is 585. The zero-order chi connectivity index (χ0) is 14.4. The fraction of sp³-hybridized carbons (Fsp3) is 0.200. The predicted molar refractivity (Wildman–Crippen MR) is 79.2 cm³/mol.